The number of fused-ring (bicyclic) bond motifs is 1. The van der Waals surface area contributed by atoms with Crippen molar-refractivity contribution >= 4 is 22.4 Å². The molecule has 3 N–H and O–H groups in total. The molecule has 0 aliphatic heterocycles. The first-order valence-corrected chi connectivity index (χ1v) is 8.54. The van der Waals surface area contributed by atoms with Crippen molar-refractivity contribution in [2.75, 3.05) is 17.6 Å². The van der Waals surface area contributed by atoms with Crippen LogP contribution in [0.4, 0.5) is 11.5 Å². The molecule has 0 spiro atoms. The maximum absolute atomic E-state index is 5.91. The number of hydrogen-bond donors (Lipinski definition) is 2. The molecule has 0 saturated carbocycles. The number of nitrogens with one attached hydrogen (secondary N) is 1. The Kier molecular flexibility index (Phi) is 4.43. The molecule has 4 aromatic rings. The third-order valence-corrected chi connectivity index (χ3v) is 4.35. The van der Waals surface area contributed by atoms with Crippen LogP contribution >= 0.6 is 0 Å². The van der Waals surface area contributed by atoms with Crippen molar-refractivity contribution in [2.24, 2.45) is 0 Å². The van der Waals surface area contributed by atoms with Gasteiger partial charge in [0.05, 0.1) is 5.52 Å². The Labute approximate surface area is 152 Å². The Morgan fingerprint density at radius 2 is 1.77 bits per heavy atom. The Bertz CT molecular complexity index is 1030. The van der Waals surface area contributed by atoms with Gasteiger partial charge in [-0.25, -0.2) is 9.97 Å². The summed E-state index contributed by atoms with van der Waals surface area (Å²) in [4.78, 5) is 12.8. The van der Waals surface area contributed by atoms with E-state index in [0.717, 1.165) is 29.7 Å². The summed E-state index contributed by atoms with van der Waals surface area (Å²) in [5.74, 6) is 0.809. The molecule has 2 heterocycles. The summed E-state index contributed by atoms with van der Waals surface area (Å²) in [6.45, 7) is 0.767. The minimum atomic E-state index is 0.707. The van der Waals surface area contributed by atoms with Crippen molar-refractivity contribution in [3.05, 3.63) is 78.9 Å². The average molecular weight is 341 g/mol. The summed E-state index contributed by atoms with van der Waals surface area (Å²) in [5.41, 5.74) is 11.2. The molecule has 5 nitrogen and oxygen atoms in total. The number of anilines is 2. The van der Waals surface area contributed by atoms with Crippen LogP contribution in [0.5, 0.6) is 0 Å². The Hall–Kier alpha value is -3.47. The highest BCUT2D eigenvalue weighted by Gasteiger charge is 2.06. The zero-order valence-corrected chi connectivity index (χ0v) is 14.3. The number of benzene rings is 2. The van der Waals surface area contributed by atoms with Crippen molar-refractivity contribution in [3.63, 3.8) is 0 Å². The number of aromatic nitrogens is 3. The smallest absolute Gasteiger partial charge is 0.137 e. The van der Waals surface area contributed by atoms with Crippen LogP contribution in [0, 0.1) is 0 Å². The van der Waals surface area contributed by atoms with E-state index in [0.29, 0.717) is 5.69 Å². The molecular formula is C21H19N5. The summed E-state index contributed by atoms with van der Waals surface area (Å²) < 4.78 is 0. The van der Waals surface area contributed by atoms with E-state index in [1.165, 1.54) is 16.7 Å². The summed E-state index contributed by atoms with van der Waals surface area (Å²) in [6.07, 6.45) is 6.10. The second kappa shape index (κ2) is 7.19. The minimum absolute atomic E-state index is 0.707. The molecule has 0 unspecified atom stereocenters. The normalized spacial score (nSPS) is 10.8. The highest BCUT2D eigenvalue weighted by Crippen LogP contribution is 2.24. The molecule has 0 amide bonds. The Morgan fingerprint density at radius 3 is 2.65 bits per heavy atom. The molecule has 0 aliphatic carbocycles. The summed E-state index contributed by atoms with van der Waals surface area (Å²) in [6, 6.07) is 18.2. The molecule has 0 saturated heterocycles. The van der Waals surface area contributed by atoms with E-state index in [1.54, 1.807) is 6.33 Å². The van der Waals surface area contributed by atoms with Crippen LogP contribution in [0.2, 0.25) is 0 Å². The van der Waals surface area contributed by atoms with Gasteiger partial charge in [0, 0.05) is 30.0 Å². The fourth-order valence-corrected chi connectivity index (χ4v) is 3.08. The zero-order chi connectivity index (χ0) is 17.8. The van der Waals surface area contributed by atoms with Gasteiger partial charge in [0.2, 0.25) is 0 Å². The quantitative estimate of drug-likeness (QED) is 0.538. The van der Waals surface area contributed by atoms with Crippen LogP contribution in [0.1, 0.15) is 5.56 Å². The SMILES string of the molecule is Nc1ccc2ncnc(NCCc3ccccc3-c3ccncc3)c2c1. The van der Waals surface area contributed by atoms with Crippen LogP contribution in [-0.2, 0) is 6.42 Å². The highest BCUT2D eigenvalue weighted by molar-refractivity contribution is 5.91. The molecule has 0 radical (unpaired) electrons. The number of nitrogen functional groups attached to an aromatic ring is 1. The van der Waals surface area contributed by atoms with Crippen LogP contribution in [0.25, 0.3) is 22.0 Å². The molecule has 26 heavy (non-hydrogen) atoms. The second-order valence-electron chi connectivity index (χ2n) is 6.07. The van der Waals surface area contributed by atoms with Gasteiger partial charge in [-0.05, 0) is 53.4 Å². The number of nitrogens with zero attached hydrogens (tertiary/aromatic N) is 3. The number of nitrogens with two attached hydrogens (primary N) is 1. The fourth-order valence-electron chi connectivity index (χ4n) is 3.08. The van der Waals surface area contributed by atoms with E-state index < -0.39 is 0 Å². The predicted octanol–water partition coefficient (Wildman–Crippen LogP) is 3.93. The lowest BCUT2D eigenvalue weighted by Crippen LogP contribution is -2.08. The van der Waals surface area contributed by atoms with Crippen molar-refractivity contribution < 1.29 is 0 Å². The molecule has 0 fully saturated rings. The molecule has 128 valence electrons. The number of rotatable bonds is 5. The molecule has 0 atom stereocenters. The van der Waals surface area contributed by atoms with Gasteiger partial charge in [-0.1, -0.05) is 24.3 Å². The Morgan fingerprint density at radius 1 is 0.923 bits per heavy atom. The number of pyridine rings is 1. The second-order valence-corrected chi connectivity index (χ2v) is 6.07. The van der Waals surface area contributed by atoms with Crippen LogP contribution in [-0.4, -0.2) is 21.5 Å². The third-order valence-electron chi connectivity index (χ3n) is 4.35. The van der Waals surface area contributed by atoms with E-state index in [9.17, 15) is 0 Å². The maximum Gasteiger partial charge on any atom is 0.137 e. The van der Waals surface area contributed by atoms with Crippen molar-refractivity contribution in [3.8, 4) is 11.1 Å². The van der Waals surface area contributed by atoms with Gasteiger partial charge in [-0.2, -0.15) is 0 Å². The lowest BCUT2D eigenvalue weighted by molar-refractivity contribution is 1.01. The largest absolute Gasteiger partial charge is 0.399 e. The van der Waals surface area contributed by atoms with Crippen LogP contribution in [0.3, 0.4) is 0 Å². The monoisotopic (exact) mass is 341 g/mol. The topological polar surface area (TPSA) is 76.7 Å². The summed E-state index contributed by atoms with van der Waals surface area (Å²) in [7, 11) is 0. The molecule has 2 aromatic heterocycles. The van der Waals surface area contributed by atoms with E-state index >= 15 is 0 Å². The van der Waals surface area contributed by atoms with Gasteiger partial charge < -0.3 is 11.1 Å². The maximum atomic E-state index is 5.91. The van der Waals surface area contributed by atoms with Gasteiger partial charge in [0.1, 0.15) is 12.1 Å². The van der Waals surface area contributed by atoms with Gasteiger partial charge in [-0.15, -0.1) is 0 Å². The van der Waals surface area contributed by atoms with Crippen molar-refractivity contribution in [1.82, 2.24) is 15.0 Å². The lowest BCUT2D eigenvalue weighted by atomic mass is 9.98. The van der Waals surface area contributed by atoms with E-state index in [1.807, 2.05) is 42.7 Å². The first-order chi connectivity index (χ1) is 12.8. The van der Waals surface area contributed by atoms with Crippen molar-refractivity contribution in [1.29, 1.82) is 0 Å². The van der Waals surface area contributed by atoms with Crippen molar-refractivity contribution in [2.45, 2.75) is 6.42 Å². The minimum Gasteiger partial charge on any atom is -0.399 e. The van der Waals surface area contributed by atoms with Crippen LogP contribution < -0.4 is 11.1 Å². The third kappa shape index (κ3) is 3.32. The molecule has 2 aromatic carbocycles. The molecule has 0 bridgehead atoms. The van der Waals surface area contributed by atoms with Gasteiger partial charge in [0.15, 0.2) is 0 Å². The van der Waals surface area contributed by atoms with Gasteiger partial charge in [-0.3, -0.25) is 4.98 Å². The van der Waals surface area contributed by atoms with E-state index in [2.05, 4.69) is 44.5 Å². The van der Waals surface area contributed by atoms with Crippen LogP contribution in [0.15, 0.2) is 73.3 Å². The fraction of sp³-hybridized carbons (Fsp3) is 0.0952. The summed E-state index contributed by atoms with van der Waals surface area (Å²) >= 11 is 0. The first-order valence-electron chi connectivity index (χ1n) is 8.54. The van der Waals surface area contributed by atoms with E-state index in [4.69, 9.17) is 5.73 Å². The van der Waals surface area contributed by atoms with E-state index in [-0.39, 0.29) is 0 Å². The molecule has 5 heteroatoms. The molecule has 4 rings (SSSR count). The predicted molar refractivity (Wildman–Crippen MR) is 106 cm³/mol. The average Bonchev–Trinajstić information content (AvgIpc) is 2.69. The molecule has 0 aliphatic rings. The summed E-state index contributed by atoms with van der Waals surface area (Å²) in [5, 5.41) is 4.36. The van der Waals surface area contributed by atoms with Gasteiger partial charge in [0.25, 0.3) is 0 Å². The zero-order valence-electron chi connectivity index (χ0n) is 14.3. The Balaban J connectivity index is 1.54. The standard InChI is InChI=1S/C21H19N5/c22-17-5-6-20-19(13-17)21(26-14-25-20)24-12-9-15-3-1-2-4-18(15)16-7-10-23-11-8-16/h1-8,10-11,13-14H,9,12,22H2,(H,24,25,26). The highest BCUT2D eigenvalue weighted by atomic mass is 15.0. The molecular weight excluding hydrogens is 322 g/mol. The number of hydrogen-bond acceptors (Lipinski definition) is 5. The van der Waals surface area contributed by atoms with Gasteiger partial charge >= 0.3 is 0 Å². The first kappa shape index (κ1) is 16.0. The lowest BCUT2D eigenvalue weighted by Gasteiger charge is -2.12.